The van der Waals surface area contributed by atoms with Crippen molar-refractivity contribution in [2.45, 2.75) is 71.1 Å². The van der Waals surface area contributed by atoms with Crippen LogP contribution < -0.4 is 0 Å². The van der Waals surface area contributed by atoms with Crippen LogP contribution in [0.15, 0.2) is 0 Å². The third-order valence-electron chi connectivity index (χ3n) is 3.34. The molecule has 1 amide bonds. The lowest BCUT2D eigenvalue weighted by Crippen LogP contribution is -2.55. The van der Waals surface area contributed by atoms with E-state index in [1.54, 1.807) is 4.90 Å². The molecule has 0 aromatic heterocycles. The lowest BCUT2D eigenvalue weighted by Gasteiger charge is -2.38. The van der Waals surface area contributed by atoms with Gasteiger partial charge in [0.05, 0.1) is 25.4 Å². The minimum atomic E-state index is -0.547. The number of morpholine rings is 1. The van der Waals surface area contributed by atoms with Crippen LogP contribution in [0.25, 0.3) is 0 Å². The molecule has 2 unspecified atom stereocenters. The maximum atomic E-state index is 12.2. The number of amides is 1. The molecule has 1 rings (SSSR count). The van der Waals surface area contributed by atoms with Crippen molar-refractivity contribution in [3.8, 4) is 0 Å². The first kappa shape index (κ1) is 17.2. The number of hydrogen-bond acceptors (Lipinski definition) is 4. The van der Waals surface area contributed by atoms with Crippen molar-refractivity contribution in [2.75, 3.05) is 19.8 Å². The van der Waals surface area contributed by atoms with Crippen LogP contribution in [0.4, 0.5) is 4.79 Å². The molecule has 1 heterocycles. The standard InChI is InChI=1S/C15H29NO4/c1-5-6-7-8-13(17)12-11-19-10-9-16(12)14(18)20-15(2,3)4/h12-13,17H,5-11H2,1-4H3. The molecular weight excluding hydrogens is 258 g/mol. The number of hydrogen-bond donors (Lipinski definition) is 1. The lowest BCUT2D eigenvalue weighted by molar-refractivity contribution is -0.0681. The Bertz CT molecular complexity index is 301. The van der Waals surface area contributed by atoms with Crippen LogP contribution >= 0.6 is 0 Å². The van der Waals surface area contributed by atoms with Crippen molar-refractivity contribution in [3.63, 3.8) is 0 Å². The zero-order valence-corrected chi connectivity index (χ0v) is 13.2. The van der Waals surface area contributed by atoms with Gasteiger partial charge in [-0.3, -0.25) is 4.90 Å². The fraction of sp³-hybridized carbons (Fsp3) is 0.933. The summed E-state index contributed by atoms with van der Waals surface area (Å²) in [4.78, 5) is 13.8. The van der Waals surface area contributed by atoms with Gasteiger partial charge in [0, 0.05) is 6.54 Å². The van der Waals surface area contributed by atoms with Crippen molar-refractivity contribution < 1.29 is 19.4 Å². The largest absolute Gasteiger partial charge is 0.444 e. The third-order valence-corrected chi connectivity index (χ3v) is 3.34. The van der Waals surface area contributed by atoms with Gasteiger partial charge in [0.1, 0.15) is 5.60 Å². The molecule has 1 fully saturated rings. The molecule has 1 aliphatic heterocycles. The number of aliphatic hydroxyl groups excluding tert-OH is 1. The van der Waals surface area contributed by atoms with Crippen LogP contribution in [0.5, 0.6) is 0 Å². The molecule has 1 N–H and O–H groups in total. The van der Waals surface area contributed by atoms with Gasteiger partial charge < -0.3 is 14.6 Å². The number of unbranched alkanes of at least 4 members (excludes halogenated alkanes) is 2. The quantitative estimate of drug-likeness (QED) is 0.790. The van der Waals surface area contributed by atoms with E-state index in [4.69, 9.17) is 9.47 Å². The predicted octanol–water partition coefficient (Wildman–Crippen LogP) is 2.56. The molecule has 1 saturated heterocycles. The van der Waals surface area contributed by atoms with E-state index in [9.17, 15) is 9.90 Å². The highest BCUT2D eigenvalue weighted by Gasteiger charge is 2.34. The Kier molecular flexibility index (Phi) is 6.76. The normalized spacial score (nSPS) is 21.6. The van der Waals surface area contributed by atoms with Gasteiger partial charge >= 0.3 is 6.09 Å². The van der Waals surface area contributed by atoms with Gasteiger partial charge in [0.2, 0.25) is 0 Å². The molecule has 20 heavy (non-hydrogen) atoms. The Balaban J connectivity index is 2.59. The fourth-order valence-corrected chi connectivity index (χ4v) is 2.28. The summed E-state index contributed by atoms with van der Waals surface area (Å²) in [6.45, 7) is 9.02. The molecular formula is C15H29NO4. The van der Waals surface area contributed by atoms with Gasteiger partial charge in [0.25, 0.3) is 0 Å². The van der Waals surface area contributed by atoms with E-state index in [-0.39, 0.29) is 12.1 Å². The van der Waals surface area contributed by atoms with E-state index in [0.29, 0.717) is 26.2 Å². The second kappa shape index (κ2) is 7.84. The van der Waals surface area contributed by atoms with Crippen molar-refractivity contribution in [1.29, 1.82) is 0 Å². The molecule has 1 aliphatic rings. The van der Waals surface area contributed by atoms with Crippen molar-refractivity contribution in [1.82, 2.24) is 4.90 Å². The Hall–Kier alpha value is -0.810. The number of nitrogens with zero attached hydrogens (tertiary/aromatic N) is 1. The van der Waals surface area contributed by atoms with Gasteiger partial charge in [0.15, 0.2) is 0 Å². The molecule has 5 heteroatoms. The summed E-state index contributed by atoms with van der Waals surface area (Å²) < 4.78 is 10.8. The molecule has 0 aliphatic carbocycles. The minimum absolute atomic E-state index is 0.296. The summed E-state index contributed by atoms with van der Waals surface area (Å²) in [5.74, 6) is 0. The Morgan fingerprint density at radius 2 is 2.15 bits per heavy atom. The molecule has 118 valence electrons. The van der Waals surface area contributed by atoms with E-state index >= 15 is 0 Å². The second-order valence-electron chi connectivity index (χ2n) is 6.38. The Morgan fingerprint density at radius 3 is 2.75 bits per heavy atom. The molecule has 0 bridgehead atoms. The SMILES string of the molecule is CCCCCC(O)C1COCCN1C(=O)OC(C)(C)C. The molecule has 2 atom stereocenters. The van der Waals surface area contributed by atoms with E-state index in [1.807, 2.05) is 20.8 Å². The number of rotatable bonds is 5. The summed E-state index contributed by atoms with van der Waals surface area (Å²) >= 11 is 0. The van der Waals surface area contributed by atoms with Gasteiger partial charge in [-0.05, 0) is 27.2 Å². The summed E-state index contributed by atoms with van der Waals surface area (Å²) in [6.07, 6.45) is 2.97. The maximum absolute atomic E-state index is 12.2. The van der Waals surface area contributed by atoms with Gasteiger partial charge in [-0.15, -0.1) is 0 Å². The Morgan fingerprint density at radius 1 is 1.45 bits per heavy atom. The summed E-state index contributed by atoms with van der Waals surface area (Å²) in [7, 11) is 0. The average molecular weight is 287 g/mol. The van der Waals surface area contributed by atoms with Crippen molar-refractivity contribution in [3.05, 3.63) is 0 Å². The first-order valence-corrected chi connectivity index (χ1v) is 7.60. The molecule has 5 nitrogen and oxygen atoms in total. The van der Waals surface area contributed by atoms with Crippen LogP contribution in [-0.2, 0) is 9.47 Å². The highest BCUT2D eigenvalue weighted by atomic mass is 16.6. The fourth-order valence-electron chi connectivity index (χ4n) is 2.28. The van der Waals surface area contributed by atoms with Crippen LogP contribution in [-0.4, -0.2) is 53.6 Å². The first-order valence-electron chi connectivity index (χ1n) is 7.60. The topological polar surface area (TPSA) is 59.0 Å². The summed E-state index contributed by atoms with van der Waals surface area (Å²) in [5.41, 5.74) is -0.521. The zero-order valence-electron chi connectivity index (χ0n) is 13.2. The smallest absolute Gasteiger partial charge is 0.410 e. The second-order valence-corrected chi connectivity index (χ2v) is 6.38. The molecule has 0 aromatic carbocycles. The van der Waals surface area contributed by atoms with Crippen LogP contribution in [0.2, 0.25) is 0 Å². The zero-order chi connectivity index (χ0) is 15.2. The molecule has 0 radical (unpaired) electrons. The molecule has 0 saturated carbocycles. The van der Waals surface area contributed by atoms with Crippen LogP contribution in [0.1, 0.15) is 53.4 Å². The molecule has 0 aromatic rings. The monoisotopic (exact) mass is 287 g/mol. The van der Waals surface area contributed by atoms with Crippen LogP contribution in [0.3, 0.4) is 0 Å². The number of aliphatic hydroxyl groups is 1. The minimum Gasteiger partial charge on any atom is -0.444 e. The highest BCUT2D eigenvalue weighted by Crippen LogP contribution is 2.19. The summed E-state index contributed by atoms with van der Waals surface area (Å²) in [6, 6.07) is -0.296. The van der Waals surface area contributed by atoms with E-state index in [2.05, 4.69) is 6.92 Å². The van der Waals surface area contributed by atoms with Crippen LogP contribution in [0, 0.1) is 0 Å². The van der Waals surface area contributed by atoms with E-state index < -0.39 is 11.7 Å². The first-order chi connectivity index (χ1) is 9.35. The van der Waals surface area contributed by atoms with Gasteiger partial charge in [-0.1, -0.05) is 26.2 Å². The summed E-state index contributed by atoms with van der Waals surface area (Å²) in [5, 5.41) is 10.3. The van der Waals surface area contributed by atoms with Gasteiger partial charge in [-0.2, -0.15) is 0 Å². The van der Waals surface area contributed by atoms with Crippen molar-refractivity contribution >= 4 is 6.09 Å². The molecule has 0 spiro atoms. The van der Waals surface area contributed by atoms with Crippen molar-refractivity contribution in [2.24, 2.45) is 0 Å². The third kappa shape index (κ3) is 5.67. The number of carbonyl (C=O) groups excluding carboxylic acids is 1. The van der Waals surface area contributed by atoms with E-state index in [1.165, 1.54) is 0 Å². The average Bonchev–Trinajstić information content (AvgIpc) is 2.37. The van der Waals surface area contributed by atoms with E-state index in [0.717, 1.165) is 19.3 Å². The lowest BCUT2D eigenvalue weighted by atomic mass is 10.0. The van der Waals surface area contributed by atoms with Gasteiger partial charge in [-0.25, -0.2) is 4.79 Å². The highest BCUT2D eigenvalue weighted by molar-refractivity contribution is 5.68. The predicted molar refractivity (Wildman–Crippen MR) is 77.7 cm³/mol. The number of ether oxygens (including phenoxy) is 2. The Labute approximate surface area is 122 Å². The maximum Gasteiger partial charge on any atom is 0.410 e. The number of carbonyl (C=O) groups is 1.